The van der Waals surface area contributed by atoms with E-state index in [9.17, 15) is 19.8 Å². The molecule has 39 heavy (non-hydrogen) atoms. The van der Waals surface area contributed by atoms with Crippen molar-refractivity contribution in [3.8, 4) is 0 Å². The highest BCUT2D eigenvalue weighted by Gasteiger charge is 2.25. The Morgan fingerprint density at radius 2 is 0.897 bits per heavy atom. The molecule has 0 spiro atoms. The SMILES string of the molecule is CCCCCCCCCCCCCCCC(=O)NN(CCCCCCCCCCCCCC)C(CO)C(=O)O. The Morgan fingerprint density at radius 1 is 0.564 bits per heavy atom. The van der Waals surface area contributed by atoms with E-state index in [-0.39, 0.29) is 5.91 Å². The van der Waals surface area contributed by atoms with E-state index in [1.54, 1.807) is 0 Å². The number of carboxylic acids is 1. The Balaban J connectivity index is 3.92. The number of aliphatic hydroxyl groups excluding tert-OH is 1. The number of hydrazine groups is 1. The summed E-state index contributed by atoms with van der Waals surface area (Å²) in [6.07, 6.45) is 31.6. The fourth-order valence-electron chi connectivity index (χ4n) is 5.24. The van der Waals surface area contributed by atoms with Gasteiger partial charge in [0.05, 0.1) is 6.61 Å². The predicted molar refractivity (Wildman–Crippen MR) is 165 cm³/mol. The number of carbonyl (C=O) groups is 2. The second-order valence-corrected chi connectivity index (χ2v) is 11.6. The molecule has 0 aliphatic rings. The summed E-state index contributed by atoms with van der Waals surface area (Å²) in [5, 5.41) is 20.5. The number of carboxylic acid groups (broad SMARTS) is 1. The van der Waals surface area contributed by atoms with E-state index in [1.165, 1.54) is 127 Å². The van der Waals surface area contributed by atoms with Crippen molar-refractivity contribution in [1.82, 2.24) is 10.4 Å². The van der Waals surface area contributed by atoms with Crippen molar-refractivity contribution >= 4 is 11.9 Å². The van der Waals surface area contributed by atoms with Crippen LogP contribution in [0, 0.1) is 0 Å². The number of hydrogen-bond acceptors (Lipinski definition) is 4. The van der Waals surface area contributed by atoms with Crippen LogP contribution < -0.4 is 5.43 Å². The lowest BCUT2D eigenvalue weighted by molar-refractivity contribution is -0.148. The molecule has 0 bridgehead atoms. The van der Waals surface area contributed by atoms with Crippen LogP contribution in [0.3, 0.4) is 0 Å². The molecule has 6 heteroatoms. The number of rotatable bonds is 31. The zero-order valence-electron chi connectivity index (χ0n) is 26.0. The highest BCUT2D eigenvalue weighted by molar-refractivity contribution is 5.77. The summed E-state index contributed by atoms with van der Waals surface area (Å²) in [6.45, 7) is 4.46. The highest BCUT2D eigenvalue weighted by atomic mass is 16.4. The minimum atomic E-state index is -1.10. The molecular weight excluding hydrogens is 488 g/mol. The molecule has 6 nitrogen and oxygen atoms in total. The molecule has 0 aromatic carbocycles. The average molecular weight is 555 g/mol. The predicted octanol–water partition coefficient (Wildman–Crippen LogP) is 8.95. The quantitative estimate of drug-likeness (QED) is 0.0588. The third kappa shape index (κ3) is 25.6. The second-order valence-electron chi connectivity index (χ2n) is 11.6. The topological polar surface area (TPSA) is 89.9 Å². The number of nitrogens with one attached hydrogen (secondary N) is 1. The molecule has 1 unspecified atom stereocenters. The second kappa shape index (κ2) is 29.8. The Morgan fingerprint density at radius 3 is 1.23 bits per heavy atom. The first-order valence-electron chi connectivity index (χ1n) is 17.0. The normalized spacial score (nSPS) is 12.2. The maximum atomic E-state index is 12.5. The maximum Gasteiger partial charge on any atom is 0.325 e. The van der Waals surface area contributed by atoms with E-state index >= 15 is 0 Å². The minimum Gasteiger partial charge on any atom is -0.480 e. The van der Waals surface area contributed by atoms with Crippen LogP contribution in [0.1, 0.15) is 181 Å². The summed E-state index contributed by atoms with van der Waals surface area (Å²) in [6, 6.07) is -1.09. The zero-order chi connectivity index (χ0) is 28.8. The van der Waals surface area contributed by atoms with Gasteiger partial charge in [0.2, 0.25) is 5.91 Å². The molecular formula is C33H66N2O4. The average Bonchev–Trinajstić information content (AvgIpc) is 2.92. The molecule has 0 saturated carbocycles. The molecule has 3 N–H and O–H groups in total. The largest absolute Gasteiger partial charge is 0.480 e. The molecule has 0 aromatic rings. The van der Waals surface area contributed by atoms with Gasteiger partial charge in [0.15, 0.2) is 0 Å². The Bertz CT molecular complexity index is 544. The number of hydrogen-bond donors (Lipinski definition) is 3. The Hall–Kier alpha value is -1.14. The summed E-state index contributed by atoms with van der Waals surface area (Å²) in [7, 11) is 0. The van der Waals surface area contributed by atoms with Crippen molar-refractivity contribution in [2.75, 3.05) is 13.2 Å². The van der Waals surface area contributed by atoms with Crippen molar-refractivity contribution in [2.24, 2.45) is 0 Å². The summed E-state index contributed by atoms with van der Waals surface area (Å²) in [5.41, 5.74) is 2.79. The van der Waals surface area contributed by atoms with Crippen LogP contribution in [0.4, 0.5) is 0 Å². The summed E-state index contributed by atoms with van der Waals surface area (Å²) < 4.78 is 0. The minimum absolute atomic E-state index is 0.142. The van der Waals surface area contributed by atoms with Crippen molar-refractivity contribution in [1.29, 1.82) is 0 Å². The van der Waals surface area contributed by atoms with Gasteiger partial charge in [-0.05, 0) is 12.8 Å². The first-order chi connectivity index (χ1) is 19.1. The lowest BCUT2D eigenvalue weighted by Gasteiger charge is -2.28. The lowest BCUT2D eigenvalue weighted by atomic mass is 10.0. The monoisotopic (exact) mass is 555 g/mol. The zero-order valence-corrected chi connectivity index (χ0v) is 26.0. The first-order valence-corrected chi connectivity index (χ1v) is 17.0. The van der Waals surface area contributed by atoms with E-state index < -0.39 is 18.6 Å². The molecule has 0 aliphatic heterocycles. The number of carbonyl (C=O) groups excluding carboxylic acids is 1. The van der Waals surface area contributed by atoms with Gasteiger partial charge in [0, 0.05) is 13.0 Å². The fraction of sp³-hybridized carbons (Fsp3) is 0.939. The fourth-order valence-corrected chi connectivity index (χ4v) is 5.24. The van der Waals surface area contributed by atoms with Crippen molar-refractivity contribution in [3.05, 3.63) is 0 Å². The van der Waals surface area contributed by atoms with Gasteiger partial charge < -0.3 is 10.2 Å². The van der Waals surface area contributed by atoms with Crippen molar-refractivity contribution in [3.63, 3.8) is 0 Å². The molecule has 0 aliphatic carbocycles. The summed E-state index contributed by atoms with van der Waals surface area (Å²) in [4.78, 5) is 24.1. The van der Waals surface area contributed by atoms with Crippen molar-refractivity contribution in [2.45, 2.75) is 187 Å². The van der Waals surface area contributed by atoms with Crippen LogP contribution in [0.15, 0.2) is 0 Å². The van der Waals surface area contributed by atoms with E-state index in [1.807, 2.05) is 0 Å². The maximum absolute atomic E-state index is 12.5. The molecule has 0 rings (SSSR count). The third-order valence-corrected chi connectivity index (χ3v) is 7.86. The van der Waals surface area contributed by atoms with E-state index in [0.717, 1.165) is 38.5 Å². The molecule has 1 atom stereocenters. The van der Waals surface area contributed by atoms with E-state index in [2.05, 4.69) is 19.3 Å². The van der Waals surface area contributed by atoms with Crippen LogP contribution in [0.2, 0.25) is 0 Å². The van der Waals surface area contributed by atoms with Crippen LogP contribution in [-0.4, -0.2) is 46.3 Å². The molecule has 232 valence electrons. The van der Waals surface area contributed by atoms with E-state index in [4.69, 9.17) is 0 Å². The van der Waals surface area contributed by atoms with Crippen molar-refractivity contribution < 1.29 is 19.8 Å². The van der Waals surface area contributed by atoms with Crippen LogP contribution in [-0.2, 0) is 9.59 Å². The van der Waals surface area contributed by atoms with Gasteiger partial charge in [0.1, 0.15) is 6.04 Å². The number of nitrogens with zero attached hydrogens (tertiary/aromatic N) is 1. The molecule has 0 aromatic heterocycles. The van der Waals surface area contributed by atoms with Crippen LogP contribution >= 0.6 is 0 Å². The van der Waals surface area contributed by atoms with Gasteiger partial charge in [-0.1, -0.05) is 162 Å². The van der Waals surface area contributed by atoms with Crippen LogP contribution in [0.25, 0.3) is 0 Å². The molecule has 0 saturated heterocycles. The highest BCUT2D eigenvalue weighted by Crippen LogP contribution is 2.14. The van der Waals surface area contributed by atoms with Gasteiger partial charge in [-0.25, -0.2) is 5.01 Å². The Kier molecular flexibility index (Phi) is 29.0. The van der Waals surface area contributed by atoms with Gasteiger partial charge in [0.25, 0.3) is 0 Å². The standard InChI is InChI=1S/C33H66N2O4/c1-3-5-7-9-11-13-15-17-18-20-22-24-26-28-32(37)34-35(31(30-36)33(38)39)29-27-25-23-21-19-16-14-12-10-8-6-4-2/h31,36H,3-30H2,1-2H3,(H,34,37)(H,38,39). The first kappa shape index (κ1) is 37.9. The van der Waals surface area contributed by atoms with Gasteiger partial charge in [-0.15, -0.1) is 0 Å². The smallest absolute Gasteiger partial charge is 0.325 e. The van der Waals surface area contributed by atoms with Gasteiger partial charge >= 0.3 is 5.97 Å². The Labute approximate surface area is 242 Å². The lowest BCUT2D eigenvalue weighted by Crippen LogP contribution is -2.53. The van der Waals surface area contributed by atoms with Gasteiger partial charge in [-0.2, -0.15) is 0 Å². The van der Waals surface area contributed by atoms with Gasteiger partial charge in [-0.3, -0.25) is 15.0 Å². The van der Waals surface area contributed by atoms with Crippen LogP contribution in [0.5, 0.6) is 0 Å². The summed E-state index contributed by atoms with van der Waals surface area (Å²) >= 11 is 0. The summed E-state index contributed by atoms with van der Waals surface area (Å²) in [5.74, 6) is -1.24. The number of aliphatic hydroxyl groups is 1. The number of unbranched alkanes of at least 4 members (excludes halogenated alkanes) is 23. The van der Waals surface area contributed by atoms with E-state index in [0.29, 0.717) is 13.0 Å². The molecule has 1 amide bonds. The number of aliphatic carboxylic acids is 1. The third-order valence-electron chi connectivity index (χ3n) is 7.86. The molecule has 0 radical (unpaired) electrons. The number of amides is 1. The molecule has 0 heterocycles. The molecule has 0 fully saturated rings.